The Balaban J connectivity index is 1.64. The second kappa shape index (κ2) is 8.71. The molecule has 2 amide bonds. The fourth-order valence-corrected chi connectivity index (χ4v) is 3.10. The minimum atomic E-state index is -0.490. The summed E-state index contributed by atoms with van der Waals surface area (Å²) in [5.41, 5.74) is 1.59. The summed E-state index contributed by atoms with van der Waals surface area (Å²) in [5, 5.41) is 5.73. The molecule has 0 radical (unpaired) electrons. The number of nitrogens with one attached hydrogen (secondary N) is 2. The SMILES string of the molecule is O=C(Nc1ccccc1)/C(=C\c1ccc2c(c1)OCO2)NC(=O)c1ccccc1Cl. The highest BCUT2D eigenvalue weighted by Gasteiger charge is 2.18. The maximum absolute atomic E-state index is 12.9. The van der Waals surface area contributed by atoms with Crippen molar-refractivity contribution in [3.63, 3.8) is 0 Å². The van der Waals surface area contributed by atoms with Crippen molar-refractivity contribution in [2.24, 2.45) is 0 Å². The predicted octanol–water partition coefficient (Wildman–Crippen LogP) is 4.48. The van der Waals surface area contributed by atoms with Gasteiger partial charge >= 0.3 is 0 Å². The maximum Gasteiger partial charge on any atom is 0.272 e. The van der Waals surface area contributed by atoms with Gasteiger partial charge in [0, 0.05) is 5.69 Å². The molecule has 0 fully saturated rings. The molecule has 1 aliphatic rings. The lowest BCUT2D eigenvalue weighted by atomic mass is 10.1. The summed E-state index contributed by atoms with van der Waals surface area (Å²) in [6, 6.07) is 20.8. The quantitative estimate of drug-likeness (QED) is 0.597. The molecule has 1 aliphatic heterocycles. The molecule has 6 nitrogen and oxygen atoms in total. The van der Waals surface area contributed by atoms with Gasteiger partial charge in [-0.2, -0.15) is 0 Å². The van der Waals surface area contributed by atoms with Crippen LogP contribution < -0.4 is 20.1 Å². The highest BCUT2D eigenvalue weighted by atomic mass is 35.5. The molecule has 150 valence electrons. The molecule has 4 rings (SSSR count). The number of anilines is 1. The average Bonchev–Trinajstić information content (AvgIpc) is 3.22. The minimum absolute atomic E-state index is 0.0580. The minimum Gasteiger partial charge on any atom is -0.454 e. The largest absolute Gasteiger partial charge is 0.454 e. The molecule has 2 N–H and O–H groups in total. The van der Waals surface area contributed by atoms with Crippen molar-refractivity contribution < 1.29 is 19.1 Å². The third kappa shape index (κ3) is 4.45. The van der Waals surface area contributed by atoms with Gasteiger partial charge in [-0.1, -0.05) is 48.0 Å². The number of benzene rings is 3. The second-order valence-electron chi connectivity index (χ2n) is 6.42. The smallest absolute Gasteiger partial charge is 0.272 e. The fourth-order valence-electron chi connectivity index (χ4n) is 2.88. The molecule has 30 heavy (non-hydrogen) atoms. The van der Waals surface area contributed by atoms with Crippen LogP contribution >= 0.6 is 11.6 Å². The van der Waals surface area contributed by atoms with Gasteiger partial charge < -0.3 is 20.1 Å². The van der Waals surface area contributed by atoms with Crippen LogP contribution in [0.3, 0.4) is 0 Å². The monoisotopic (exact) mass is 420 g/mol. The molecule has 1 heterocycles. The lowest BCUT2D eigenvalue weighted by molar-refractivity contribution is -0.113. The molecule has 0 saturated heterocycles. The van der Waals surface area contributed by atoms with E-state index in [-0.39, 0.29) is 18.1 Å². The highest BCUT2D eigenvalue weighted by Crippen LogP contribution is 2.33. The summed E-state index contributed by atoms with van der Waals surface area (Å²) in [5.74, 6) is 0.238. The maximum atomic E-state index is 12.9. The Morgan fingerprint density at radius 1 is 0.900 bits per heavy atom. The van der Waals surface area contributed by atoms with Crippen molar-refractivity contribution in [2.45, 2.75) is 0 Å². The number of rotatable bonds is 5. The molecule has 7 heteroatoms. The van der Waals surface area contributed by atoms with E-state index < -0.39 is 11.8 Å². The van der Waals surface area contributed by atoms with E-state index in [4.69, 9.17) is 21.1 Å². The van der Waals surface area contributed by atoms with Gasteiger partial charge in [-0.3, -0.25) is 9.59 Å². The Hall–Kier alpha value is -3.77. The molecule has 3 aromatic rings. The first-order chi connectivity index (χ1) is 14.6. The number of carbonyl (C=O) groups is 2. The van der Waals surface area contributed by atoms with Crippen LogP contribution in [0.5, 0.6) is 11.5 Å². The van der Waals surface area contributed by atoms with Crippen molar-refractivity contribution in [1.82, 2.24) is 5.32 Å². The van der Waals surface area contributed by atoms with Crippen LogP contribution in [0.25, 0.3) is 6.08 Å². The van der Waals surface area contributed by atoms with E-state index in [9.17, 15) is 9.59 Å². The second-order valence-corrected chi connectivity index (χ2v) is 6.83. The molecular formula is C23H17ClN2O4. The Bertz CT molecular complexity index is 1130. The lowest BCUT2D eigenvalue weighted by Crippen LogP contribution is -2.30. The third-order valence-corrected chi connectivity index (χ3v) is 4.68. The zero-order chi connectivity index (χ0) is 20.9. The van der Waals surface area contributed by atoms with Crippen LogP contribution in [-0.4, -0.2) is 18.6 Å². The first kappa shape index (κ1) is 19.5. The average molecular weight is 421 g/mol. The molecule has 0 saturated carbocycles. The predicted molar refractivity (Wildman–Crippen MR) is 115 cm³/mol. The fraction of sp³-hybridized carbons (Fsp3) is 0.0435. The van der Waals surface area contributed by atoms with E-state index in [0.29, 0.717) is 27.8 Å². The summed E-state index contributed by atoms with van der Waals surface area (Å²) in [7, 11) is 0. The van der Waals surface area contributed by atoms with Crippen LogP contribution in [-0.2, 0) is 4.79 Å². The number of ether oxygens (including phenoxy) is 2. The topological polar surface area (TPSA) is 76.7 Å². The van der Waals surface area contributed by atoms with E-state index in [1.807, 2.05) is 6.07 Å². The zero-order valence-electron chi connectivity index (χ0n) is 15.7. The first-order valence-electron chi connectivity index (χ1n) is 9.14. The van der Waals surface area contributed by atoms with E-state index in [0.717, 1.165) is 0 Å². The number of hydrogen-bond acceptors (Lipinski definition) is 4. The third-order valence-electron chi connectivity index (χ3n) is 4.35. The van der Waals surface area contributed by atoms with E-state index in [1.54, 1.807) is 72.8 Å². The molecule has 0 spiro atoms. The number of para-hydroxylation sites is 1. The van der Waals surface area contributed by atoms with Gasteiger partial charge in [-0.15, -0.1) is 0 Å². The molecular weight excluding hydrogens is 404 g/mol. The van der Waals surface area contributed by atoms with Gasteiger partial charge in [-0.05, 0) is 48.0 Å². The van der Waals surface area contributed by atoms with Crippen LogP contribution in [0.2, 0.25) is 5.02 Å². The molecule has 0 unspecified atom stereocenters. The molecule has 3 aromatic carbocycles. The number of amides is 2. The van der Waals surface area contributed by atoms with Gasteiger partial charge in [0.15, 0.2) is 11.5 Å². The van der Waals surface area contributed by atoms with Crippen molar-refractivity contribution in [3.05, 3.63) is 94.6 Å². The zero-order valence-corrected chi connectivity index (χ0v) is 16.5. The van der Waals surface area contributed by atoms with Crippen molar-refractivity contribution in [2.75, 3.05) is 12.1 Å². The van der Waals surface area contributed by atoms with Crippen molar-refractivity contribution in [1.29, 1.82) is 0 Å². The van der Waals surface area contributed by atoms with Crippen LogP contribution in [0.15, 0.2) is 78.5 Å². The van der Waals surface area contributed by atoms with E-state index in [2.05, 4.69) is 10.6 Å². The summed E-state index contributed by atoms with van der Waals surface area (Å²) in [6.07, 6.45) is 1.56. The van der Waals surface area contributed by atoms with Crippen molar-refractivity contribution in [3.8, 4) is 11.5 Å². The Morgan fingerprint density at radius 2 is 1.63 bits per heavy atom. The molecule has 0 atom stereocenters. The van der Waals surface area contributed by atoms with Crippen LogP contribution in [0.1, 0.15) is 15.9 Å². The molecule has 0 aromatic heterocycles. The van der Waals surface area contributed by atoms with Gasteiger partial charge in [0.05, 0.1) is 10.6 Å². The van der Waals surface area contributed by atoms with Gasteiger partial charge in [0.1, 0.15) is 5.70 Å². The molecule has 0 bridgehead atoms. The van der Waals surface area contributed by atoms with Crippen LogP contribution in [0.4, 0.5) is 5.69 Å². The standard InChI is InChI=1S/C23H17ClN2O4/c24-18-9-5-4-8-17(18)22(27)26-19(23(28)25-16-6-2-1-3-7-16)12-15-10-11-20-21(13-15)30-14-29-20/h1-13H,14H2,(H,25,28)(H,26,27)/b19-12+. The first-order valence-corrected chi connectivity index (χ1v) is 9.51. The van der Waals surface area contributed by atoms with E-state index >= 15 is 0 Å². The van der Waals surface area contributed by atoms with Crippen molar-refractivity contribution >= 4 is 35.2 Å². The number of halogens is 1. The number of fused-ring (bicyclic) bond motifs is 1. The summed E-state index contributed by atoms with van der Waals surface area (Å²) < 4.78 is 10.7. The Kier molecular flexibility index (Phi) is 5.68. The molecule has 0 aliphatic carbocycles. The lowest BCUT2D eigenvalue weighted by Gasteiger charge is -2.12. The van der Waals surface area contributed by atoms with Crippen LogP contribution in [0, 0.1) is 0 Å². The summed E-state index contributed by atoms with van der Waals surface area (Å²) in [4.78, 5) is 25.7. The Morgan fingerprint density at radius 3 is 2.43 bits per heavy atom. The van der Waals surface area contributed by atoms with Gasteiger partial charge in [-0.25, -0.2) is 0 Å². The number of hydrogen-bond donors (Lipinski definition) is 2. The highest BCUT2D eigenvalue weighted by molar-refractivity contribution is 6.34. The number of carbonyl (C=O) groups excluding carboxylic acids is 2. The Labute approximate surface area is 178 Å². The summed E-state index contributed by atoms with van der Waals surface area (Å²) in [6.45, 7) is 0.146. The normalized spacial score (nSPS) is 12.4. The van der Waals surface area contributed by atoms with E-state index in [1.165, 1.54) is 0 Å². The van der Waals surface area contributed by atoms with Gasteiger partial charge in [0.2, 0.25) is 6.79 Å². The van der Waals surface area contributed by atoms with Gasteiger partial charge in [0.25, 0.3) is 11.8 Å². The summed E-state index contributed by atoms with van der Waals surface area (Å²) >= 11 is 6.12.